The average molecular weight is 278 g/mol. The van der Waals surface area contributed by atoms with E-state index in [9.17, 15) is 0 Å². The molecule has 4 rings (SSSR count). The zero-order chi connectivity index (χ0) is 13.4. The van der Waals surface area contributed by atoms with Gasteiger partial charge in [-0.2, -0.15) is 0 Å². The summed E-state index contributed by atoms with van der Waals surface area (Å²) in [5, 5.41) is 4.14. The van der Waals surface area contributed by atoms with Gasteiger partial charge in [-0.15, -0.1) is 11.3 Å². The number of hydrogen-bond acceptors (Lipinski definition) is 4. The van der Waals surface area contributed by atoms with Crippen molar-refractivity contribution >= 4 is 22.4 Å². The Balaban J connectivity index is 1.82. The molecule has 0 spiro atoms. The number of hydrogen-bond donors (Lipinski definition) is 1. The van der Waals surface area contributed by atoms with Crippen molar-refractivity contribution in [3.05, 3.63) is 54.4 Å². The van der Waals surface area contributed by atoms with Crippen LogP contribution in [0.1, 0.15) is 0 Å². The van der Waals surface area contributed by atoms with Gasteiger partial charge in [0.25, 0.3) is 0 Å². The second kappa shape index (κ2) is 4.54. The number of pyridine rings is 2. The second-order valence-corrected chi connectivity index (χ2v) is 5.24. The first kappa shape index (κ1) is 11.3. The first-order chi connectivity index (χ1) is 9.92. The fourth-order valence-corrected chi connectivity index (χ4v) is 3.04. The zero-order valence-electron chi connectivity index (χ0n) is 10.4. The summed E-state index contributed by atoms with van der Waals surface area (Å²) in [7, 11) is 0. The molecule has 0 atom stereocenters. The van der Waals surface area contributed by atoms with E-state index in [1.54, 1.807) is 23.7 Å². The van der Waals surface area contributed by atoms with E-state index in [0.29, 0.717) is 0 Å². The van der Waals surface area contributed by atoms with Crippen LogP contribution in [-0.2, 0) is 0 Å². The van der Waals surface area contributed by atoms with Crippen molar-refractivity contribution < 1.29 is 0 Å². The minimum Gasteiger partial charge on any atom is -0.345 e. The standard InChI is InChI=1S/C15H10N4S/c1-3-10(7-16-5-1)13-9-20-15(19-13)12-8-18-14-11(12)4-2-6-17-14/h1-9H,(H,17,18). The Morgan fingerprint density at radius 1 is 1.10 bits per heavy atom. The molecule has 1 N–H and O–H groups in total. The van der Waals surface area contributed by atoms with Crippen molar-refractivity contribution in [2.24, 2.45) is 0 Å². The summed E-state index contributed by atoms with van der Waals surface area (Å²) in [5.74, 6) is 0. The molecule has 5 heteroatoms. The number of rotatable bonds is 2. The molecule has 0 fully saturated rings. The lowest BCUT2D eigenvalue weighted by Gasteiger charge is -1.94. The third-order valence-electron chi connectivity index (χ3n) is 3.14. The fraction of sp³-hybridized carbons (Fsp3) is 0. The van der Waals surface area contributed by atoms with E-state index in [2.05, 4.69) is 26.4 Å². The minimum absolute atomic E-state index is 0.889. The van der Waals surface area contributed by atoms with Gasteiger partial charge in [0.2, 0.25) is 0 Å². The number of aromatic amines is 1. The van der Waals surface area contributed by atoms with Gasteiger partial charge in [-0.1, -0.05) is 0 Å². The van der Waals surface area contributed by atoms with Gasteiger partial charge in [0.1, 0.15) is 10.7 Å². The smallest absolute Gasteiger partial charge is 0.137 e. The van der Waals surface area contributed by atoms with E-state index in [-0.39, 0.29) is 0 Å². The summed E-state index contributed by atoms with van der Waals surface area (Å²) in [5.41, 5.74) is 3.97. The third kappa shape index (κ3) is 1.80. The van der Waals surface area contributed by atoms with Gasteiger partial charge >= 0.3 is 0 Å². The maximum atomic E-state index is 4.70. The van der Waals surface area contributed by atoms with Crippen molar-refractivity contribution in [2.45, 2.75) is 0 Å². The molecular weight excluding hydrogens is 268 g/mol. The van der Waals surface area contributed by atoms with E-state index in [1.165, 1.54) is 0 Å². The molecule has 0 amide bonds. The average Bonchev–Trinajstić information content (AvgIpc) is 3.14. The Kier molecular flexibility index (Phi) is 2.57. The van der Waals surface area contributed by atoms with Crippen molar-refractivity contribution in [3.8, 4) is 21.8 Å². The Bertz CT molecular complexity index is 864. The SMILES string of the molecule is c1cncc(-c2csc(-c3c[nH]c4ncccc34)n2)c1. The van der Waals surface area contributed by atoms with Gasteiger partial charge in [0.15, 0.2) is 0 Å². The topological polar surface area (TPSA) is 54.5 Å². The highest BCUT2D eigenvalue weighted by Gasteiger charge is 2.11. The molecule has 4 heterocycles. The lowest BCUT2D eigenvalue weighted by molar-refractivity contribution is 1.31. The molecule has 0 unspecified atom stereocenters. The first-order valence-corrected chi connectivity index (χ1v) is 7.08. The maximum Gasteiger partial charge on any atom is 0.137 e. The molecule has 0 aliphatic heterocycles. The molecule has 96 valence electrons. The number of aromatic nitrogens is 4. The van der Waals surface area contributed by atoms with Crippen LogP contribution in [0.15, 0.2) is 54.4 Å². The van der Waals surface area contributed by atoms with Crippen LogP contribution in [0.2, 0.25) is 0 Å². The van der Waals surface area contributed by atoms with Gasteiger partial charge in [-0.3, -0.25) is 4.98 Å². The Morgan fingerprint density at radius 2 is 2.05 bits per heavy atom. The van der Waals surface area contributed by atoms with Crippen LogP contribution >= 0.6 is 11.3 Å². The summed E-state index contributed by atoms with van der Waals surface area (Å²) >= 11 is 1.63. The molecule has 0 bridgehead atoms. The predicted octanol–water partition coefficient (Wildman–Crippen LogP) is 3.75. The third-order valence-corrected chi connectivity index (χ3v) is 4.02. The van der Waals surface area contributed by atoms with E-state index in [0.717, 1.165) is 32.9 Å². The minimum atomic E-state index is 0.889. The van der Waals surface area contributed by atoms with Gasteiger partial charge in [0, 0.05) is 46.7 Å². The molecule has 0 radical (unpaired) electrons. The Hall–Kier alpha value is -2.53. The van der Waals surface area contributed by atoms with E-state index in [1.807, 2.05) is 30.6 Å². The lowest BCUT2D eigenvalue weighted by Crippen LogP contribution is -1.80. The summed E-state index contributed by atoms with van der Waals surface area (Å²) in [6.07, 6.45) is 7.34. The summed E-state index contributed by atoms with van der Waals surface area (Å²) in [6, 6.07) is 7.93. The summed E-state index contributed by atoms with van der Waals surface area (Å²) in [6.45, 7) is 0. The van der Waals surface area contributed by atoms with Crippen LogP contribution in [0.3, 0.4) is 0 Å². The fourth-order valence-electron chi connectivity index (χ4n) is 2.18. The van der Waals surface area contributed by atoms with E-state index < -0.39 is 0 Å². The largest absolute Gasteiger partial charge is 0.345 e. The van der Waals surface area contributed by atoms with Crippen LogP contribution < -0.4 is 0 Å². The Morgan fingerprint density at radius 3 is 2.95 bits per heavy atom. The van der Waals surface area contributed by atoms with Gasteiger partial charge in [-0.25, -0.2) is 9.97 Å². The van der Waals surface area contributed by atoms with E-state index >= 15 is 0 Å². The molecule has 4 nitrogen and oxygen atoms in total. The number of H-pyrrole nitrogens is 1. The first-order valence-electron chi connectivity index (χ1n) is 6.20. The molecule has 4 aromatic rings. The van der Waals surface area contributed by atoms with Crippen molar-refractivity contribution in [1.82, 2.24) is 19.9 Å². The quantitative estimate of drug-likeness (QED) is 0.607. The molecule has 0 aliphatic carbocycles. The number of fused-ring (bicyclic) bond motifs is 1. The van der Waals surface area contributed by atoms with Crippen LogP contribution in [-0.4, -0.2) is 19.9 Å². The zero-order valence-corrected chi connectivity index (χ0v) is 11.3. The second-order valence-electron chi connectivity index (χ2n) is 4.38. The summed E-state index contributed by atoms with van der Waals surface area (Å²) in [4.78, 5) is 16.3. The van der Waals surface area contributed by atoms with Crippen LogP contribution in [0.5, 0.6) is 0 Å². The highest BCUT2D eigenvalue weighted by molar-refractivity contribution is 7.13. The molecule has 0 aromatic carbocycles. The molecular formula is C15H10N4S. The number of nitrogens with one attached hydrogen (secondary N) is 1. The van der Waals surface area contributed by atoms with Gasteiger partial charge in [-0.05, 0) is 24.3 Å². The van der Waals surface area contributed by atoms with Crippen molar-refractivity contribution in [3.63, 3.8) is 0 Å². The highest BCUT2D eigenvalue weighted by atomic mass is 32.1. The normalized spacial score (nSPS) is 11.0. The molecule has 0 saturated heterocycles. The summed E-state index contributed by atoms with van der Waals surface area (Å²) < 4.78 is 0. The van der Waals surface area contributed by atoms with Crippen molar-refractivity contribution in [1.29, 1.82) is 0 Å². The molecule has 0 saturated carbocycles. The van der Waals surface area contributed by atoms with Crippen LogP contribution in [0.4, 0.5) is 0 Å². The van der Waals surface area contributed by atoms with Crippen molar-refractivity contribution in [2.75, 3.05) is 0 Å². The maximum absolute atomic E-state index is 4.70. The van der Waals surface area contributed by atoms with Gasteiger partial charge < -0.3 is 4.98 Å². The number of thiazole rings is 1. The molecule has 4 aromatic heterocycles. The monoisotopic (exact) mass is 278 g/mol. The molecule has 20 heavy (non-hydrogen) atoms. The van der Waals surface area contributed by atoms with Gasteiger partial charge in [0.05, 0.1) is 5.69 Å². The van der Waals surface area contributed by atoms with Crippen LogP contribution in [0, 0.1) is 0 Å². The van der Waals surface area contributed by atoms with Crippen LogP contribution in [0.25, 0.3) is 32.9 Å². The lowest BCUT2D eigenvalue weighted by atomic mass is 10.2. The molecule has 0 aliphatic rings. The van der Waals surface area contributed by atoms with E-state index in [4.69, 9.17) is 4.98 Å². The Labute approximate surface area is 119 Å². The number of nitrogens with zero attached hydrogens (tertiary/aromatic N) is 3. The predicted molar refractivity (Wildman–Crippen MR) is 80.4 cm³/mol. The highest BCUT2D eigenvalue weighted by Crippen LogP contribution is 2.32.